The molecular weight excluding hydrogens is 360 g/mol. The van der Waals surface area contributed by atoms with Crippen molar-refractivity contribution in [1.82, 2.24) is 10.6 Å². The molecule has 0 aromatic carbocycles. The molecule has 26 heavy (non-hydrogen) atoms. The van der Waals surface area contributed by atoms with Gasteiger partial charge in [-0.05, 0) is 33.6 Å². The van der Waals surface area contributed by atoms with E-state index in [1.54, 1.807) is 41.5 Å². The molecule has 0 saturated heterocycles. The number of nitrogens with one attached hydrogen (secondary N) is 2. The first-order valence-corrected chi connectivity index (χ1v) is 9.45. The molecule has 0 bridgehead atoms. The number of thioether (sulfide) groups is 1. The Labute approximate surface area is 159 Å². The number of hydrogen-bond acceptors (Lipinski definition) is 7. The predicted octanol–water partition coefficient (Wildman–Crippen LogP) is 1.86. The maximum absolute atomic E-state index is 12.5. The van der Waals surface area contributed by atoms with Crippen molar-refractivity contribution in [1.29, 1.82) is 0 Å². The topological polar surface area (TPSA) is 111 Å². The summed E-state index contributed by atoms with van der Waals surface area (Å²) in [6.45, 7) is 11.9. The van der Waals surface area contributed by atoms with Crippen LogP contribution in [0.5, 0.6) is 0 Å². The summed E-state index contributed by atoms with van der Waals surface area (Å²) in [7, 11) is 0. The standard InChI is InChI=1S/C17H30N2O6S/c1-8-24-14(21)12(18-11(4)20)9-26-15(22)13(10(2)3)19-16(23)25-17(5,6)7/h10,12-13H,8-9H2,1-7H3,(H,18,20)(H,19,23)/t12-,13-/m0/s1. The van der Waals surface area contributed by atoms with Gasteiger partial charge >= 0.3 is 12.1 Å². The van der Waals surface area contributed by atoms with Crippen LogP contribution in [0.4, 0.5) is 4.79 Å². The monoisotopic (exact) mass is 390 g/mol. The van der Waals surface area contributed by atoms with Crippen molar-refractivity contribution in [3.63, 3.8) is 0 Å². The smallest absolute Gasteiger partial charge is 0.408 e. The highest BCUT2D eigenvalue weighted by Crippen LogP contribution is 2.16. The van der Waals surface area contributed by atoms with E-state index in [-0.39, 0.29) is 23.4 Å². The number of amides is 2. The number of rotatable bonds is 8. The van der Waals surface area contributed by atoms with Crippen LogP contribution in [-0.4, -0.2) is 53.1 Å². The molecule has 2 N–H and O–H groups in total. The number of ether oxygens (including phenoxy) is 2. The summed E-state index contributed by atoms with van der Waals surface area (Å²) in [4.78, 5) is 47.5. The fraction of sp³-hybridized carbons (Fsp3) is 0.765. The Bertz CT molecular complexity index is 516. The van der Waals surface area contributed by atoms with E-state index in [9.17, 15) is 19.2 Å². The van der Waals surface area contributed by atoms with E-state index in [4.69, 9.17) is 9.47 Å². The molecule has 0 spiro atoms. The molecule has 0 radical (unpaired) electrons. The molecule has 0 heterocycles. The van der Waals surface area contributed by atoms with Gasteiger partial charge in [0.15, 0.2) is 0 Å². The molecule has 2 amide bonds. The lowest BCUT2D eigenvalue weighted by Crippen LogP contribution is -2.47. The fourth-order valence-corrected chi connectivity index (χ4v) is 2.91. The number of carbonyl (C=O) groups excluding carboxylic acids is 4. The normalized spacial score (nSPS) is 13.5. The molecule has 150 valence electrons. The zero-order valence-corrected chi connectivity index (χ0v) is 17.3. The minimum Gasteiger partial charge on any atom is -0.464 e. The van der Waals surface area contributed by atoms with Gasteiger partial charge in [-0.2, -0.15) is 0 Å². The van der Waals surface area contributed by atoms with Crippen molar-refractivity contribution < 1.29 is 28.7 Å². The third-order valence-electron chi connectivity index (χ3n) is 2.93. The molecule has 0 aliphatic heterocycles. The maximum atomic E-state index is 12.5. The van der Waals surface area contributed by atoms with Gasteiger partial charge < -0.3 is 20.1 Å². The van der Waals surface area contributed by atoms with Gasteiger partial charge in [-0.25, -0.2) is 9.59 Å². The van der Waals surface area contributed by atoms with Crippen molar-refractivity contribution in [3.8, 4) is 0 Å². The van der Waals surface area contributed by atoms with Crippen molar-refractivity contribution in [2.24, 2.45) is 5.92 Å². The Morgan fingerprint density at radius 3 is 2.08 bits per heavy atom. The van der Waals surface area contributed by atoms with Crippen LogP contribution < -0.4 is 10.6 Å². The van der Waals surface area contributed by atoms with Crippen molar-refractivity contribution in [3.05, 3.63) is 0 Å². The lowest BCUT2D eigenvalue weighted by molar-refractivity contribution is -0.146. The van der Waals surface area contributed by atoms with E-state index in [0.29, 0.717) is 0 Å². The van der Waals surface area contributed by atoms with Crippen molar-refractivity contribution >= 4 is 34.8 Å². The summed E-state index contributed by atoms with van der Waals surface area (Å²) in [5.74, 6) is -1.17. The van der Waals surface area contributed by atoms with Crippen LogP contribution in [0.3, 0.4) is 0 Å². The quantitative estimate of drug-likeness (QED) is 0.609. The predicted molar refractivity (Wildman–Crippen MR) is 99.7 cm³/mol. The highest BCUT2D eigenvalue weighted by molar-refractivity contribution is 8.13. The van der Waals surface area contributed by atoms with Gasteiger partial charge in [0, 0.05) is 12.7 Å². The van der Waals surface area contributed by atoms with Crippen molar-refractivity contribution in [2.75, 3.05) is 12.4 Å². The molecular formula is C17H30N2O6S. The molecule has 0 aromatic rings. The van der Waals surface area contributed by atoms with Gasteiger partial charge in [0.05, 0.1) is 6.61 Å². The first kappa shape index (κ1) is 24.2. The van der Waals surface area contributed by atoms with Crippen LogP contribution in [-0.2, 0) is 23.9 Å². The summed E-state index contributed by atoms with van der Waals surface area (Å²) < 4.78 is 10.1. The molecule has 0 fully saturated rings. The van der Waals surface area contributed by atoms with Gasteiger partial charge in [-0.15, -0.1) is 0 Å². The average Bonchev–Trinajstić information content (AvgIpc) is 2.46. The Kier molecular flexibility index (Phi) is 10.3. The van der Waals surface area contributed by atoms with E-state index in [1.807, 2.05) is 0 Å². The van der Waals surface area contributed by atoms with E-state index >= 15 is 0 Å². The van der Waals surface area contributed by atoms with Crippen LogP contribution in [0.15, 0.2) is 0 Å². The Balaban J connectivity index is 4.89. The average molecular weight is 391 g/mol. The highest BCUT2D eigenvalue weighted by atomic mass is 32.2. The second kappa shape index (κ2) is 11.1. The third kappa shape index (κ3) is 10.3. The zero-order valence-electron chi connectivity index (χ0n) is 16.5. The van der Waals surface area contributed by atoms with E-state index in [1.165, 1.54) is 6.92 Å². The number of hydrogen-bond donors (Lipinski definition) is 2. The van der Waals surface area contributed by atoms with Crippen LogP contribution in [0, 0.1) is 5.92 Å². The maximum Gasteiger partial charge on any atom is 0.408 e. The molecule has 0 aliphatic carbocycles. The summed E-state index contributed by atoms with van der Waals surface area (Å²) in [5, 5.41) is 4.69. The summed E-state index contributed by atoms with van der Waals surface area (Å²) in [6.07, 6.45) is -0.686. The second-order valence-electron chi connectivity index (χ2n) is 7.00. The molecule has 0 aromatic heterocycles. The number of esters is 1. The Morgan fingerprint density at radius 2 is 1.65 bits per heavy atom. The first-order chi connectivity index (χ1) is 11.9. The molecule has 0 aliphatic rings. The lowest BCUT2D eigenvalue weighted by atomic mass is 10.1. The van der Waals surface area contributed by atoms with Gasteiger partial charge in [0.25, 0.3) is 0 Å². The van der Waals surface area contributed by atoms with Gasteiger partial charge in [-0.3, -0.25) is 9.59 Å². The molecule has 2 atom stereocenters. The summed E-state index contributed by atoms with van der Waals surface area (Å²) >= 11 is 0.852. The first-order valence-electron chi connectivity index (χ1n) is 8.47. The van der Waals surface area contributed by atoms with E-state index in [0.717, 1.165) is 11.8 Å². The van der Waals surface area contributed by atoms with Crippen LogP contribution in [0.2, 0.25) is 0 Å². The molecule has 0 saturated carbocycles. The van der Waals surface area contributed by atoms with Gasteiger partial charge in [-0.1, -0.05) is 25.6 Å². The van der Waals surface area contributed by atoms with Crippen LogP contribution in [0.25, 0.3) is 0 Å². The van der Waals surface area contributed by atoms with E-state index in [2.05, 4.69) is 10.6 Å². The summed E-state index contributed by atoms with van der Waals surface area (Å²) in [6, 6.07) is -1.72. The minimum absolute atomic E-state index is 0.0104. The van der Waals surface area contributed by atoms with E-state index < -0.39 is 35.7 Å². The summed E-state index contributed by atoms with van der Waals surface area (Å²) in [5.41, 5.74) is -0.678. The second-order valence-corrected chi connectivity index (χ2v) is 8.03. The van der Waals surface area contributed by atoms with Crippen molar-refractivity contribution in [2.45, 2.75) is 66.2 Å². The lowest BCUT2D eigenvalue weighted by Gasteiger charge is -2.25. The SMILES string of the molecule is CCOC(=O)[C@H](CSC(=O)[C@@H](NC(=O)OC(C)(C)C)C(C)C)NC(C)=O. The minimum atomic E-state index is -0.935. The Hall–Kier alpha value is -1.77. The zero-order chi connectivity index (χ0) is 20.5. The molecule has 0 rings (SSSR count). The molecule has 8 nitrogen and oxygen atoms in total. The van der Waals surface area contributed by atoms with Crippen LogP contribution >= 0.6 is 11.8 Å². The number of carbonyl (C=O) groups is 4. The van der Waals surface area contributed by atoms with Gasteiger partial charge in [0.1, 0.15) is 17.7 Å². The molecule has 9 heteroatoms. The van der Waals surface area contributed by atoms with Crippen LogP contribution in [0.1, 0.15) is 48.5 Å². The number of alkyl carbamates (subject to hydrolysis) is 1. The fourth-order valence-electron chi connectivity index (χ4n) is 1.84. The molecule has 0 unspecified atom stereocenters. The van der Waals surface area contributed by atoms with Gasteiger partial charge in [0.2, 0.25) is 11.0 Å². The Morgan fingerprint density at radius 1 is 1.08 bits per heavy atom. The largest absolute Gasteiger partial charge is 0.464 e. The highest BCUT2D eigenvalue weighted by Gasteiger charge is 2.29. The third-order valence-corrected chi connectivity index (χ3v) is 3.97.